The quantitative estimate of drug-likeness (QED) is 0.816. The van der Waals surface area contributed by atoms with E-state index in [1.807, 2.05) is 36.4 Å². The summed E-state index contributed by atoms with van der Waals surface area (Å²) >= 11 is 0. The summed E-state index contributed by atoms with van der Waals surface area (Å²) in [5.41, 5.74) is 2.97. The van der Waals surface area contributed by atoms with Crippen molar-refractivity contribution in [2.45, 2.75) is 38.4 Å². The molecule has 28 heavy (non-hydrogen) atoms. The third-order valence-electron chi connectivity index (χ3n) is 4.54. The van der Waals surface area contributed by atoms with Crippen LogP contribution in [-0.4, -0.2) is 36.4 Å². The molecule has 6 nitrogen and oxygen atoms in total. The molecule has 1 unspecified atom stereocenters. The standard InChI is InChI=1S/C22H24O6/c23-14-19-13-21(25)27-15-18-8-4-7-17(10-9-16-5-2-1-3-6-16)22(18)26-12-11-20(24)28-19/h1-8,19,23H,9-15H2. The Bertz CT molecular complexity index is 802. The number of cyclic esters (lactones) is 2. The van der Waals surface area contributed by atoms with E-state index in [4.69, 9.17) is 14.2 Å². The van der Waals surface area contributed by atoms with Crippen LogP contribution >= 0.6 is 0 Å². The summed E-state index contributed by atoms with van der Waals surface area (Å²) in [4.78, 5) is 23.9. The number of rotatable bonds is 4. The molecule has 0 aliphatic carbocycles. The minimum absolute atomic E-state index is 0.0397. The van der Waals surface area contributed by atoms with Gasteiger partial charge in [0.05, 0.1) is 26.1 Å². The average Bonchev–Trinajstić information content (AvgIpc) is 2.71. The monoisotopic (exact) mass is 384 g/mol. The largest absolute Gasteiger partial charge is 0.492 e. The first kappa shape index (κ1) is 19.9. The smallest absolute Gasteiger partial charge is 0.309 e. The molecule has 2 aromatic rings. The fraction of sp³-hybridized carbons (Fsp3) is 0.364. The predicted octanol–water partition coefficient (Wildman–Crippen LogP) is 2.59. The highest BCUT2D eigenvalue weighted by molar-refractivity contribution is 5.73. The molecule has 2 aromatic carbocycles. The zero-order valence-electron chi connectivity index (χ0n) is 15.6. The Labute approximate surface area is 164 Å². The van der Waals surface area contributed by atoms with E-state index in [2.05, 4.69) is 12.1 Å². The lowest BCUT2D eigenvalue weighted by Gasteiger charge is -2.19. The van der Waals surface area contributed by atoms with Crippen molar-refractivity contribution in [1.82, 2.24) is 0 Å². The maximum Gasteiger partial charge on any atom is 0.309 e. The van der Waals surface area contributed by atoms with Crippen molar-refractivity contribution in [2.24, 2.45) is 0 Å². The van der Waals surface area contributed by atoms with Gasteiger partial charge in [0, 0.05) is 5.56 Å². The number of aryl methyl sites for hydroxylation is 2. The van der Waals surface area contributed by atoms with Gasteiger partial charge >= 0.3 is 11.9 Å². The molecular weight excluding hydrogens is 360 g/mol. The van der Waals surface area contributed by atoms with Gasteiger partial charge in [-0.1, -0.05) is 48.5 Å². The molecule has 1 N–H and O–H groups in total. The van der Waals surface area contributed by atoms with E-state index in [1.165, 1.54) is 5.56 Å². The summed E-state index contributed by atoms with van der Waals surface area (Å²) in [5, 5.41) is 9.26. The Morgan fingerprint density at radius 3 is 2.54 bits per heavy atom. The molecule has 0 aromatic heterocycles. The number of hydrogen-bond acceptors (Lipinski definition) is 6. The number of para-hydroxylation sites is 1. The predicted molar refractivity (Wildman–Crippen MR) is 102 cm³/mol. The Balaban J connectivity index is 1.78. The molecule has 1 heterocycles. The molecule has 0 bridgehead atoms. The minimum atomic E-state index is -0.892. The number of fused-ring (bicyclic) bond motifs is 1. The molecule has 1 aliphatic heterocycles. The van der Waals surface area contributed by atoms with Crippen LogP contribution < -0.4 is 4.74 Å². The molecule has 6 heteroatoms. The SMILES string of the molecule is O=C1CC(CO)OC(=O)CCOc2c(CCc3ccccc3)cccc2CO1. The van der Waals surface area contributed by atoms with E-state index in [0.717, 1.165) is 24.0 Å². The highest BCUT2D eigenvalue weighted by atomic mass is 16.6. The number of hydrogen-bond donors (Lipinski definition) is 1. The van der Waals surface area contributed by atoms with Gasteiger partial charge in [0.15, 0.2) is 0 Å². The molecule has 1 atom stereocenters. The average molecular weight is 384 g/mol. The fourth-order valence-corrected chi connectivity index (χ4v) is 3.09. The van der Waals surface area contributed by atoms with Gasteiger partial charge in [0.25, 0.3) is 0 Å². The number of carbonyl (C=O) groups excluding carboxylic acids is 2. The van der Waals surface area contributed by atoms with Gasteiger partial charge in [-0.15, -0.1) is 0 Å². The van der Waals surface area contributed by atoms with Crippen LogP contribution in [0.2, 0.25) is 0 Å². The summed E-state index contributed by atoms with van der Waals surface area (Å²) in [5.74, 6) is -0.401. The van der Waals surface area contributed by atoms with E-state index in [-0.39, 0.29) is 26.1 Å². The number of ether oxygens (including phenoxy) is 3. The second kappa shape index (κ2) is 9.90. The zero-order valence-corrected chi connectivity index (χ0v) is 15.6. The lowest BCUT2D eigenvalue weighted by atomic mass is 10.0. The van der Waals surface area contributed by atoms with E-state index in [0.29, 0.717) is 5.75 Å². The van der Waals surface area contributed by atoms with Gasteiger partial charge < -0.3 is 19.3 Å². The van der Waals surface area contributed by atoms with Gasteiger partial charge in [0.2, 0.25) is 0 Å². The molecule has 0 radical (unpaired) electrons. The van der Waals surface area contributed by atoms with Crippen LogP contribution in [0.1, 0.15) is 29.5 Å². The van der Waals surface area contributed by atoms with Crippen LogP contribution in [0.3, 0.4) is 0 Å². The van der Waals surface area contributed by atoms with Crippen LogP contribution in [0.25, 0.3) is 0 Å². The van der Waals surface area contributed by atoms with E-state index in [9.17, 15) is 14.7 Å². The van der Waals surface area contributed by atoms with Crippen molar-refractivity contribution in [1.29, 1.82) is 0 Å². The highest BCUT2D eigenvalue weighted by Crippen LogP contribution is 2.27. The minimum Gasteiger partial charge on any atom is -0.492 e. The Morgan fingerprint density at radius 1 is 0.929 bits per heavy atom. The Hall–Kier alpha value is -2.86. The second-order valence-corrected chi connectivity index (χ2v) is 6.65. The van der Waals surface area contributed by atoms with Gasteiger partial charge in [0.1, 0.15) is 18.5 Å². The summed E-state index contributed by atoms with van der Waals surface area (Å²) in [6.07, 6.45) is 0.583. The zero-order chi connectivity index (χ0) is 19.8. The van der Waals surface area contributed by atoms with Crippen LogP contribution in [0.5, 0.6) is 5.75 Å². The van der Waals surface area contributed by atoms with Crippen LogP contribution in [0, 0.1) is 0 Å². The molecule has 0 saturated carbocycles. The number of carbonyl (C=O) groups is 2. The summed E-state index contributed by atoms with van der Waals surface area (Å²) in [7, 11) is 0. The third kappa shape index (κ3) is 5.57. The first-order chi connectivity index (χ1) is 13.7. The summed E-state index contributed by atoms with van der Waals surface area (Å²) in [6, 6.07) is 15.9. The maximum atomic E-state index is 12.0. The third-order valence-corrected chi connectivity index (χ3v) is 4.54. The molecule has 1 aliphatic rings. The molecule has 0 fully saturated rings. The van der Waals surface area contributed by atoms with E-state index >= 15 is 0 Å². The van der Waals surface area contributed by atoms with Gasteiger partial charge in [-0.25, -0.2) is 0 Å². The number of aliphatic hydroxyl groups excluding tert-OH is 1. The molecule has 148 valence electrons. The van der Waals surface area contributed by atoms with Crippen molar-refractivity contribution in [3.8, 4) is 5.75 Å². The molecule has 0 amide bonds. The number of aliphatic hydroxyl groups is 1. The van der Waals surface area contributed by atoms with Crippen LogP contribution in [-0.2, 0) is 38.5 Å². The van der Waals surface area contributed by atoms with Crippen molar-refractivity contribution in [3.63, 3.8) is 0 Å². The van der Waals surface area contributed by atoms with Crippen molar-refractivity contribution in [3.05, 3.63) is 65.2 Å². The maximum absolute atomic E-state index is 12.0. The Morgan fingerprint density at radius 2 is 1.75 bits per heavy atom. The highest BCUT2D eigenvalue weighted by Gasteiger charge is 2.21. The summed E-state index contributed by atoms with van der Waals surface area (Å²) in [6.45, 7) is -0.207. The molecule has 3 rings (SSSR count). The molecule has 0 saturated heterocycles. The normalized spacial score (nSPS) is 18.0. The number of esters is 2. The van der Waals surface area contributed by atoms with Gasteiger partial charge in [-0.05, 0) is 24.0 Å². The van der Waals surface area contributed by atoms with Crippen LogP contribution in [0.15, 0.2) is 48.5 Å². The fourth-order valence-electron chi connectivity index (χ4n) is 3.09. The topological polar surface area (TPSA) is 82.1 Å². The van der Waals surface area contributed by atoms with E-state index in [1.54, 1.807) is 0 Å². The van der Waals surface area contributed by atoms with Crippen molar-refractivity contribution in [2.75, 3.05) is 13.2 Å². The molecule has 0 spiro atoms. The van der Waals surface area contributed by atoms with E-state index < -0.39 is 24.6 Å². The lowest BCUT2D eigenvalue weighted by Crippen LogP contribution is -2.27. The lowest BCUT2D eigenvalue weighted by molar-refractivity contribution is -0.158. The second-order valence-electron chi connectivity index (χ2n) is 6.65. The first-order valence-corrected chi connectivity index (χ1v) is 9.39. The first-order valence-electron chi connectivity index (χ1n) is 9.39. The summed E-state index contributed by atoms with van der Waals surface area (Å²) < 4.78 is 16.3. The van der Waals surface area contributed by atoms with Crippen molar-refractivity contribution < 1.29 is 28.9 Å². The van der Waals surface area contributed by atoms with Crippen LogP contribution in [0.4, 0.5) is 0 Å². The van der Waals surface area contributed by atoms with Gasteiger partial charge in [-0.3, -0.25) is 9.59 Å². The number of benzene rings is 2. The van der Waals surface area contributed by atoms with Gasteiger partial charge in [-0.2, -0.15) is 0 Å². The molecular formula is C22H24O6. The van der Waals surface area contributed by atoms with Crippen molar-refractivity contribution >= 4 is 11.9 Å². The Kier molecular flexibility index (Phi) is 7.03.